The second kappa shape index (κ2) is 10.8. The van der Waals surface area contributed by atoms with E-state index in [-0.39, 0.29) is 12.2 Å². The minimum atomic E-state index is -1.79. The molecule has 198 valence electrons. The molecule has 12 heteroatoms. The zero-order chi connectivity index (χ0) is 26.0. The normalized spacial score (nSPS) is 40.1. The van der Waals surface area contributed by atoms with Gasteiger partial charge in [-0.15, -0.1) is 0 Å². The van der Waals surface area contributed by atoms with Crippen molar-refractivity contribution in [3.05, 3.63) is 48.2 Å². The highest BCUT2D eigenvalue weighted by Crippen LogP contribution is 2.48. The molecule has 36 heavy (non-hydrogen) atoms. The van der Waals surface area contributed by atoms with Crippen LogP contribution in [-0.2, 0) is 23.7 Å². The van der Waals surface area contributed by atoms with Crippen molar-refractivity contribution in [2.24, 2.45) is 11.8 Å². The molecule has 0 aromatic heterocycles. The topological polar surface area (TPSA) is 196 Å². The molecular weight excluding hydrogens is 480 g/mol. The molecule has 0 amide bonds. The van der Waals surface area contributed by atoms with Gasteiger partial charge in [-0.25, -0.2) is 4.79 Å². The number of phenols is 1. The highest BCUT2D eigenvalue weighted by molar-refractivity contribution is 5.87. The van der Waals surface area contributed by atoms with Gasteiger partial charge in [0.25, 0.3) is 0 Å². The lowest BCUT2D eigenvalue weighted by atomic mass is 9.84. The minimum Gasteiger partial charge on any atom is -0.508 e. The average molecular weight is 510 g/mol. The van der Waals surface area contributed by atoms with Gasteiger partial charge in [-0.2, -0.15) is 0 Å². The molecule has 0 bridgehead atoms. The third-order valence-corrected chi connectivity index (χ3v) is 6.79. The van der Waals surface area contributed by atoms with E-state index in [9.17, 15) is 40.5 Å². The number of hydrogen-bond donors (Lipinski definition) is 7. The highest BCUT2D eigenvalue weighted by Gasteiger charge is 2.59. The van der Waals surface area contributed by atoms with E-state index in [0.717, 1.165) is 0 Å². The summed E-state index contributed by atoms with van der Waals surface area (Å²) in [6.07, 6.45) is -4.46. The van der Waals surface area contributed by atoms with Crippen molar-refractivity contribution in [2.45, 2.75) is 55.1 Å². The van der Waals surface area contributed by atoms with Gasteiger partial charge in [-0.1, -0.05) is 12.1 Å². The second-order valence-electron chi connectivity index (χ2n) is 9.14. The molecule has 3 aliphatic rings. The summed E-state index contributed by atoms with van der Waals surface area (Å²) < 4.78 is 22.1. The lowest BCUT2D eigenvalue weighted by molar-refractivity contribution is -0.347. The maximum atomic E-state index is 12.5. The van der Waals surface area contributed by atoms with Crippen LogP contribution in [0, 0.1) is 11.8 Å². The van der Waals surface area contributed by atoms with E-state index in [2.05, 4.69) is 0 Å². The van der Waals surface area contributed by atoms with E-state index in [1.165, 1.54) is 30.5 Å². The van der Waals surface area contributed by atoms with Crippen LogP contribution in [0.25, 0.3) is 6.08 Å². The van der Waals surface area contributed by atoms with E-state index in [1.807, 2.05) is 0 Å². The van der Waals surface area contributed by atoms with Crippen molar-refractivity contribution >= 4 is 12.0 Å². The first-order valence-electron chi connectivity index (χ1n) is 11.5. The minimum absolute atomic E-state index is 0.0850. The number of ether oxygens (including phenoxy) is 4. The first kappa shape index (κ1) is 26.5. The van der Waals surface area contributed by atoms with Crippen molar-refractivity contribution in [1.29, 1.82) is 0 Å². The van der Waals surface area contributed by atoms with Crippen LogP contribution < -0.4 is 0 Å². The Labute approximate surface area is 206 Å². The SMILES string of the molecule is O=C(C=Cc1ccc(O)cc1)O[C@@H]1C[C@@](O)(CO)[C@H]2[C@H](O[C@@H]3O[C@H](CO)[C@@H](O)[C@H](O)[C@H]3O)OC=C[C@H]21. The first-order valence-corrected chi connectivity index (χ1v) is 11.5. The highest BCUT2D eigenvalue weighted by atomic mass is 16.8. The molecule has 4 rings (SSSR count). The first-order chi connectivity index (χ1) is 17.2. The number of fused-ring (bicyclic) bond motifs is 1. The molecule has 2 fully saturated rings. The smallest absolute Gasteiger partial charge is 0.331 e. The number of esters is 1. The fourth-order valence-electron chi connectivity index (χ4n) is 4.84. The molecule has 1 aromatic carbocycles. The monoisotopic (exact) mass is 510 g/mol. The molecule has 1 saturated carbocycles. The van der Waals surface area contributed by atoms with Crippen molar-refractivity contribution < 1.29 is 59.5 Å². The predicted octanol–water partition coefficient (Wildman–Crippen LogP) is -1.64. The largest absolute Gasteiger partial charge is 0.508 e. The number of phenolic OH excluding ortho intramolecular Hbond substituents is 1. The van der Waals surface area contributed by atoms with Crippen molar-refractivity contribution in [3.63, 3.8) is 0 Å². The summed E-state index contributed by atoms with van der Waals surface area (Å²) in [6, 6.07) is 6.15. The van der Waals surface area contributed by atoms with Gasteiger partial charge in [0, 0.05) is 18.4 Å². The maximum absolute atomic E-state index is 12.5. The summed E-state index contributed by atoms with van der Waals surface area (Å²) in [7, 11) is 0. The molecule has 12 nitrogen and oxygen atoms in total. The van der Waals surface area contributed by atoms with E-state index in [4.69, 9.17) is 18.9 Å². The molecule has 0 unspecified atom stereocenters. The number of carbonyl (C=O) groups excluding carboxylic acids is 1. The molecule has 2 aliphatic heterocycles. The van der Waals surface area contributed by atoms with Crippen molar-refractivity contribution in [1.82, 2.24) is 0 Å². The van der Waals surface area contributed by atoms with E-state index in [1.54, 1.807) is 18.2 Å². The van der Waals surface area contributed by atoms with Crippen LogP contribution in [-0.4, -0.2) is 104 Å². The third kappa shape index (κ3) is 5.26. The predicted molar refractivity (Wildman–Crippen MR) is 120 cm³/mol. The van der Waals surface area contributed by atoms with Crippen LogP contribution in [0.2, 0.25) is 0 Å². The molecule has 2 heterocycles. The number of aliphatic hydroxyl groups excluding tert-OH is 5. The number of benzene rings is 1. The van der Waals surface area contributed by atoms with Gasteiger partial charge in [0.05, 0.1) is 25.4 Å². The fraction of sp³-hybridized carbons (Fsp3) is 0.542. The quantitative estimate of drug-likeness (QED) is 0.164. The summed E-state index contributed by atoms with van der Waals surface area (Å²) in [6.45, 7) is -1.37. The Hall–Kier alpha value is -2.55. The maximum Gasteiger partial charge on any atom is 0.331 e. The van der Waals surface area contributed by atoms with Crippen LogP contribution in [0.4, 0.5) is 0 Å². The molecule has 1 saturated heterocycles. The van der Waals surface area contributed by atoms with Gasteiger partial charge < -0.3 is 54.7 Å². The summed E-state index contributed by atoms with van der Waals surface area (Å²) in [5, 5.41) is 70.2. The van der Waals surface area contributed by atoms with E-state index < -0.39 is 79.7 Å². The third-order valence-electron chi connectivity index (χ3n) is 6.79. The van der Waals surface area contributed by atoms with Gasteiger partial charge in [-0.3, -0.25) is 0 Å². The van der Waals surface area contributed by atoms with Crippen LogP contribution in [0.1, 0.15) is 12.0 Å². The van der Waals surface area contributed by atoms with Crippen molar-refractivity contribution in [2.75, 3.05) is 13.2 Å². The number of aromatic hydroxyl groups is 1. The molecule has 0 spiro atoms. The van der Waals surface area contributed by atoms with E-state index >= 15 is 0 Å². The molecular formula is C24H30O12. The van der Waals surface area contributed by atoms with Crippen LogP contribution >= 0.6 is 0 Å². The number of hydrogen-bond acceptors (Lipinski definition) is 12. The molecule has 1 aromatic rings. The summed E-state index contributed by atoms with van der Waals surface area (Å²) in [4.78, 5) is 12.5. The Morgan fingerprint density at radius 1 is 1.08 bits per heavy atom. The zero-order valence-electron chi connectivity index (χ0n) is 19.1. The fourth-order valence-corrected chi connectivity index (χ4v) is 4.84. The number of carbonyl (C=O) groups is 1. The lowest BCUT2D eigenvalue weighted by Crippen LogP contribution is -2.61. The van der Waals surface area contributed by atoms with Gasteiger partial charge in [0.15, 0.2) is 6.29 Å². The van der Waals surface area contributed by atoms with Crippen LogP contribution in [0.5, 0.6) is 5.75 Å². The van der Waals surface area contributed by atoms with Crippen LogP contribution in [0.3, 0.4) is 0 Å². The summed E-state index contributed by atoms with van der Waals surface area (Å²) in [5.74, 6) is -2.21. The van der Waals surface area contributed by atoms with Crippen molar-refractivity contribution in [3.8, 4) is 5.75 Å². The Bertz CT molecular complexity index is 962. The standard InChI is InChI=1S/C24H30O12/c25-10-16-19(29)20(30)21(31)23(35-16)36-22-18-14(7-8-33-22)15(9-24(18,32)11-26)34-17(28)6-3-12-1-4-13(27)5-2-12/h1-8,14-16,18-23,25-27,29-32H,9-11H2/t14-,15+,16+,18+,19+,20-,21+,22-,23-,24+/m0/s1. The average Bonchev–Trinajstić information content (AvgIpc) is 3.16. The Morgan fingerprint density at radius 2 is 1.81 bits per heavy atom. The van der Waals surface area contributed by atoms with Gasteiger partial charge >= 0.3 is 5.97 Å². The Balaban J connectivity index is 1.47. The summed E-state index contributed by atoms with van der Waals surface area (Å²) >= 11 is 0. The van der Waals surface area contributed by atoms with Gasteiger partial charge in [-0.05, 0) is 29.8 Å². The number of aliphatic hydroxyl groups is 6. The molecule has 10 atom stereocenters. The Morgan fingerprint density at radius 3 is 2.47 bits per heavy atom. The second-order valence-corrected chi connectivity index (χ2v) is 9.14. The van der Waals surface area contributed by atoms with Crippen LogP contribution in [0.15, 0.2) is 42.7 Å². The summed E-state index contributed by atoms with van der Waals surface area (Å²) in [5.41, 5.74) is -1.14. The van der Waals surface area contributed by atoms with Gasteiger partial charge in [0.2, 0.25) is 6.29 Å². The lowest BCUT2D eigenvalue weighted by Gasteiger charge is -2.43. The van der Waals surface area contributed by atoms with Gasteiger partial charge in [0.1, 0.15) is 41.9 Å². The van der Waals surface area contributed by atoms with E-state index in [0.29, 0.717) is 5.56 Å². The molecule has 7 N–H and O–H groups in total. The molecule has 0 radical (unpaired) electrons. The number of rotatable bonds is 7. The molecule has 1 aliphatic carbocycles. The zero-order valence-corrected chi connectivity index (χ0v) is 19.1. The Kier molecular flexibility index (Phi) is 7.97.